The van der Waals surface area contributed by atoms with Crippen molar-refractivity contribution in [2.75, 3.05) is 6.54 Å². The standard InChI is InChI=1S/C16H20N2O3/c1-4-9-18-13(11-7-5-6-8-17-11)12(14(19)10(2)3)15(20)16(18)21/h5-8,10,13,20H,4,9H2,1-3H3. The van der Waals surface area contributed by atoms with Gasteiger partial charge in [0.05, 0.1) is 11.3 Å². The average molecular weight is 288 g/mol. The van der Waals surface area contributed by atoms with Crippen LogP contribution in [0.15, 0.2) is 35.7 Å². The van der Waals surface area contributed by atoms with Crippen LogP contribution in [0.2, 0.25) is 0 Å². The van der Waals surface area contributed by atoms with Gasteiger partial charge in [-0.1, -0.05) is 26.8 Å². The van der Waals surface area contributed by atoms with Crippen LogP contribution in [-0.4, -0.2) is 33.2 Å². The van der Waals surface area contributed by atoms with Gasteiger partial charge >= 0.3 is 0 Å². The summed E-state index contributed by atoms with van der Waals surface area (Å²) in [5.41, 5.74) is 0.773. The summed E-state index contributed by atoms with van der Waals surface area (Å²) in [5, 5.41) is 10.1. The molecule has 1 amide bonds. The quantitative estimate of drug-likeness (QED) is 0.903. The minimum absolute atomic E-state index is 0.169. The Morgan fingerprint density at radius 1 is 1.43 bits per heavy atom. The normalized spacial score (nSPS) is 18.8. The molecule has 1 N–H and O–H groups in total. The second-order valence-corrected chi connectivity index (χ2v) is 5.44. The Labute approximate surface area is 124 Å². The molecule has 0 saturated heterocycles. The lowest BCUT2D eigenvalue weighted by atomic mass is 9.93. The molecule has 1 aliphatic heterocycles. The fourth-order valence-electron chi connectivity index (χ4n) is 2.53. The van der Waals surface area contributed by atoms with E-state index in [1.54, 1.807) is 32.2 Å². The lowest BCUT2D eigenvalue weighted by Gasteiger charge is -2.25. The van der Waals surface area contributed by atoms with Crippen molar-refractivity contribution in [3.63, 3.8) is 0 Å². The monoisotopic (exact) mass is 288 g/mol. The van der Waals surface area contributed by atoms with Crippen LogP contribution in [0.4, 0.5) is 0 Å². The van der Waals surface area contributed by atoms with E-state index in [0.29, 0.717) is 12.2 Å². The maximum absolute atomic E-state index is 12.4. The number of rotatable bonds is 5. The Kier molecular flexibility index (Phi) is 4.40. The molecule has 21 heavy (non-hydrogen) atoms. The van der Waals surface area contributed by atoms with E-state index in [9.17, 15) is 14.7 Å². The van der Waals surface area contributed by atoms with Gasteiger partial charge in [-0.25, -0.2) is 0 Å². The maximum Gasteiger partial charge on any atom is 0.290 e. The highest BCUT2D eigenvalue weighted by Gasteiger charge is 2.44. The molecule has 0 saturated carbocycles. The van der Waals surface area contributed by atoms with Gasteiger partial charge < -0.3 is 10.0 Å². The van der Waals surface area contributed by atoms with Crippen LogP contribution < -0.4 is 0 Å². The van der Waals surface area contributed by atoms with E-state index in [1.807, 2.05) is 13.0 Å². The zero-order valence-corrected chi connectivity index (χ0v) is 12.5. The average Bonchev–Trinajstić information content (AvgIpc) is 2.72. The summed E-state index contributed by atoms with van der Waals surface area (Å²) >= 11 is 0. The molecule has 1 atom stereocenters. The maximum atomic E-state index is 12.4. The zero-order chi connectivity index (χ0) is 15.6. The van der Waals surface area contributed by atoms with E-state index in [0.717, 1.165) is 6.42 Å². The van der Waals surface area contributed by atoms with Gasteiger partial charge in [0.1, 0.15) is 6.04 Å². The smallest absolute Gasteiger partial charge is 0.290 e. The number of carbonyl (C=O) groups excluding carboxylic acids is 2. The van der Waals surface area contributed by atoms with Crippen molar-refractivity contribution in [1.82, 2.24) is 9.88 Å². The van der Waals surface area contributed by atoms with E-state index in [4.69, 9.17) is 0 Å². The fraction of sp³-hybridized carbons (Fsp3) is 0.438. The number of Topliss-reactive ketones (excluding diaryl/α,β-unsaturated/α-hetero) is 1. The first-order chi connectivity index (χ1) is 9.99. The molecule has 0 bridgehead atoms. The number of ketones is 1. The van der Waals surface area contributed by atoms with E-state index in [1.165, 1.54) is 4.90 Å². The third-order valence-electron chi connectivity index (χ3n) is 3.53. The first kappa shape index (κ1) is 15.2. The molecular weight excluding hydrogens is 268 g/mol. The number of aromatic nitrogens is 1. The first-order valence-electron chi connectivity index (χ1n) is 7.18. The Hall–Kier alpha value is -2.17. The molecule has 0 aliphatic carbocycles. The van der Waals surface area contributed by atoms with Gasteiger partial charge in [0.25, 0.3) is 5.91 Å². The first-order valence-corrected chi connectivity index (χ1v) is 7.18. The van der Waals surface area contributed by atoms with Gasteiger partial charge in [-0.3, -0.25) is 14.6 Å². The number of amides is 1. The van der Waals surface area contributed by atoms with Crippen LogP contribution in [0.25, 0.3) is 0 Å². The van der Waals surface area contributed by atoms with Gasteiger partial charge in [-0.2, -0.15) is 0 Å². The van der Waals surface area contributed by atoms with Crippen molar-refractivity contribution in [2.45, 2.75) is 33.2 Å². The lowest BCUT2D eigenvalue weighted by Crippen LogP contribution is -2.32. The molecule has 1 unspecified atom stereocenters. The summed E-state index contributed by atoms with van der Waals surface area (Å²) in [4.78, 5) is 30.4. The minimum Gasteiger partial charge on any atom is -0.503 e. The summed E-state index contributed by atoms with van der Waals surface area (Å²) in [6.07, 6.45) is 2.36. The fourth-order valence-corrected chi connectivity index (χ4v) is 2.53. The largest absolute Gasteiger partial charge is 0.503 e. The SMILES string of the molecule is CCCN1C(=O)C(O)=C(C(=O)C(C)C)C1c1ccccn1. The molecule has 2 rings (SSSR count). The predicted molar refractivity (Wildman–Crippen MR) is 78.5 cm³/mol. The van der Waals surface area contributed by atoms with Crippen molar-refractivity contribution in [2.24, 2.45) is 5.92 Å². The molecule has 5 nitrogen and oxygen atoms in total. The van der Waals surface area contributed by atoms with Crippen LogP contribution in [0.3, 0.4) is 0 Å². The van der Waals surface area contributed by atoms with Crippen LogP contribution in [0.1, 0.15) is 38.9 Å². The van der Waals surface area contributed by atoms with Crippen LogP contribution in [0.5, 0.6) is 0 Å². The molecule has 1 aromatic rings. The molecule has 1 aliphatic rings. The molecule has 1 aromatic heterocycles. The van der Waals surface area contributed by atoms with E-state index in [-0.39, 0.29) is 17.3 Å². The van der Waals surface area contributed by atoms with E-state index < -0.39 is 17.7 Å². The number of carbonyl (C=O) groups is 2. The number of hydrogen-bond acceptors (Lipinski definition) is 4. The summed E-state index contributed by atoms with van der Waals surface area (Å²) in [7, 11) is 0. The molecule has 2 heterocycles. The number of aliphatic hydroxyl groups excluding tert-OH is 1. The van der Waals surface area contributed by atoms with Crippen molar-refractivity contribution >= 4 is 11.7 Å². The van der Waals surface area contributed by atoms with E-state index >= 15 is 0 Å². The Bertz CT molecular complexity index is 578. The van der Waals surface area contributed by atoms with Crippen molar-refractivity contribution < 1.29 is 14.7 Å². The Balaban J connectivity index is 2.53. The summed E-state index contributed by atoms with van der Waals surface area (Å²) in [5.74, 6) is -1.42. The number of nitrogens with zero attached hydrogens (tertiary/aromatic N) is 2. The number of hydrogen-bond donors (Lipinski definition) is 1. The third-order valence-corrected chi connectivity index (χ3v) is 3.53. The number of pyridine rings is 1. The molecule has 0 fully saturated rings. The minimum atomic E-state index is -0.589. The van der Waals surface area contributed by atoms with Crippen molar-refractivity contribution in [3.8, 4) is 0 Å². The van der Waals surface area contributed by atoms with Crippen molar-refractivity contribution in [3.05, 3.63) is 41.4 Å². The van der Waals surface area contributed by atoms with Crippen molar-refractivity contribution in [1.29, 1.82) is 0 Å². The predicted octanol–water partition coefficient (Wildman–Crippen LogP) is 2.41. The van der Waals surface area contributed by atoms with Crippen LogP contribution in [0, 0.1) is 5.92 Å². The van der Waals surface area contributed by atoms with Crippen LogP contribution >= 0.6 is 0 Å². The van der Waals surface area contributed by atoms with Gasteiger partial charge in [-0.15, -0.1) is 0 Å². The summed E-state index contributed by atoms with van der Waals surface area (Å²) in [6, 6.07) is 4.77. The molecule has 0 radical (unpaired) electrons. The summed E-state index contributed by atoms with van der Waals surface area (Å²) < 4.78 is 0. The summed E-state index contributed by atoms with van der Waals surface area (Å²) in [6.45, 7) is 5.93. The Morgan fingerprint density at radius 3 is 2.67 bits per heavy atom. The van der Waals surface area contributed by atoms with Gasteiger partial charge in [0, 0.05) is 18.7 Å². The molecule has 5 heteroatoms. The molecule has 0 spiro atoms. The third kappa shape index (κ3) is 2.68. The second kappa shape index (κ2) is 6.08. The van der Waals surface area contributed by atoms with Gasteiger partial charge in [0.2, 0.25) is 0 Å². The molecular formula is C16H20N2O3. The van der Waals surface area contributed by atoms with Gasteiger partial charge in [-0.05, 0) is 18.6 Å². The second-order valence-electron chi connectivity index (χ2n) is 5.44. The lowest BCUT2D eigenvalue weighted by molar-refractivity contribution is -0.129. The van der Waals surface area contributed by atoms with Crippen LogP contribution in [-0.2, 0) is 9.59 Å². The number of aliphatic hydroxyl groups is 1. The van der Waals surface area contributed by atoms with Gasteiger partial charge in [0.15, 0.2) is 11.5 Å². The molecule has 0 aromatic carbocycles. The highest BCUT2D eigenvalue weighted by molar-refractivity contribution is 6.09. The Morgan fingerprint density at radius 2 is 2.14 bits per heavy atom. The van der Waals surface area contributed by atoms with E-state index in [2.05, 4.69) is 4.98 Å². The highest BCUT2D eigenvalue weighted by Crippen LogP contribution is 2.37. The molecule has 112 valence electrons. The zero-order valence-electron chi connectivity index (χ0n) is 12.5. The topological polar surface area (TPSA) is 70.5 Å². The highest BCUT2D eigenvalue weighted by atomic mass is 16.3.